The Labute approximate surface area is 304 Å². The normalized spacial score (nSPS) is 12.4. The first-order valence-corrected chi connectivity index (χ1v) is 19.4. The summed E-state index contributed by atoms with van der Waals surface area (Å²) in [6.45, 7) is 6.27. The van der Waals surface area contributed by atoms with E-state index in [0.29, 0.717) is 0 Å². The first kappa shape index (κ1) is 29.1. The summed E-state index contributed by atoms with van der Waals surface area (Å²) in [5.74, 6) is 1.65. The van der Waals surface area contributed by atoms with E-state index >= 15 is 0 Å². The lowest BCUT2D eigenvalue weighted by molar-refractivity contribution is 1.00. The first-order valence-electron chi connectivity index (χ1n) is 17.0. The Balaban J connectivity index is 1.34. The molecule has 0 spiro atoms. The molecule has 5 aromatic heterocycles. The van der Waals surface area contributed by atoms with Crippen molar-refractivity contribution in [3.63, 3.8) is 0 Å². The van der Waals surface area contributed by atoms with Gasteiger partial charge in [0.05, 0.1) is 10.9 Å². The zero-order valence-electron chi connectivity index (χ0n) is 27.5. The lowest BCUT2D eigenvalue weighted by atomic mass is 9.98. The van der Waals surface area contributed by atoms with Gasteiger partial charge in [-0.25, -0.2) is 9.97 Å². The maximum Gasteiger partial charge on any atom is 0.163 e. The van der Waals surface area contributed by atoms with Crippen molar-refractivity contribution in [3.05, 3.63) is 145 Å². The number of nitrogens with zero attached hydrogens (tertiary/aromatic N) is 3. The zero-order valence-corrected chi connectivity index (χ0v) is 29.9. The highest BCUT2D eigenvalue weighted by Crippen LogP contribution is 2.49. The minimum Gasteiger partial charge on any atom is -0.296 e. The van der Waals surface area contributed by atoms with Crippen LogP contribution < -0.4 is 0 Å². The third-order valence-corrected chi connectivity index (χ3v) is 13.6. The number of thiophene rings is 3. The van der Waals surface area contributed by atoms with Gasteiger partial charge in [-0.15, -0.1) is 34.0 Å². The van der Waals surface area contributed by atoms with E-state index in [0.717, 1.165) is 33.1 Å². The molecule has 11 rings (SSSR count). The van der Waals surface area contributed by atoms with Gasteiger partial charge in [0, 0.05) is 78.0 Å². The number of rotatable bonds is 4. The van der Waals surface area contributed by atoms with Crippen molar-refractivity contribution < 1.29 is 0 Å². The largest absolute Gasteiger partial charge is 0.296 e. The van der Waals surface area contributed by atoms with Crippen LogP contribution in [0.2, 0.25) is 0 Å². The van der Waals surface area contributed by atoms with Crippen LogP contribution in [0.25, 0.3) is 106 Å². The van der Waals surface area contributed by atoms with E-state index in [1.54, 1.807) is 11.3 Å². The average molecular weight is 706 g/mol. The summed E-state index contributed by atoms with van der Waals surface area (Å²) in [7, 11) is 0. The molecule has 6 aromatic carbocycles. The van der Waals surface area contributed by atoms with Crippen LogP contribution in [0.3, 0.4) is 0 Å². The smallest absolute Gasteiger partial charge is 0.163 e. The Morgan fingerprint density at radius 3 is 1.98 bits per heavy atom. The predicted molar refractivity (Wildman–Crippen MR) is 224 cm³/mol. The van der Waals surface area contributed by atoms with E-state index in [-0.39, 0.29) is 0 Å². The van der Waals surface area contributed by atoms with Crippen LogP contribution in [0.1, 0.15) is 11.3 Å². The highest BCUT2D eigenvalue weighted by Gasteiger charge is 2.26. The maximum absolute atomic E-state index is 5.61. The fourth-order valence-electron chi connectivity index (χ4n) is 7.98. The van der Waals surface area contributed by atoms with Gasteiger partial charge in [0.15, 0.2) is 11.6 Å². The fourth-order valence-corrected chi connectivity index (χ4v) is 11.4. The van der Waals surface area contributed by atoms with Gasteiger partial charge in [-0.05, 0) is 48.7 Å². The molecule has 0 aliphatic rings. The van der Waals surface area contributed by atoms with Crippen LogP contribution in [0, 0.1) is 6.92 Å². The van der Waals surface area contributed by atoms with Gasteiger partial charge < -0.3 is 0 Å². The predicted octanol–water partition coefficient (Wildman–Crippen LogP) is 13.9. The number of fused-ring (bicyclic) bond motifs is 14. The van der Waals surface area contributed by atoms with Gasteiger partial charge in [-0.3, -0.25) is 4.57 Å². The van der Waals surface area contributed by atoms with Crippen LogP contribution in [-0.2, 0) is 0 Å². The van der Waals surface area contributed by atoms with Crippen LogP contribution >= 0.6 is 34.0 Å². The third-order valence-electron chi connectivity index (χ3n) is 10.2. The molecule has 51 heavy (non-hydrogen) atoms. The first-order chi connectivity index (χ1) is 25.2. The van der Waals surface area contributed by atoms with E-state index in [9.17, 15) is 0 Å². The Kier molecular flexibility index (Phi) is 6.23. The molecule has 0 bridgehead atoms. The molecule has 6 heteroatoms. The zero-order chi connectivity index (χ0) is 33.8. The molecule has 11 aromatic rings. The molecule has 0 aliphatic heterocycles. The molecule has 3 nitrogen and oxygen atoms in total. The van der Waals surface area contributed by atoms with E-state index in [2.05, 4.69) is 145 Å². The summed E-state index contributed by atoms with van der Waals surface area (Å²) in [5.41, 5.74) is 4.51. The van der Waals surface area contributed by atoms with Crippen LogP contribution in [0.5, 0.6) is 0 Å². The monoisotopic (exact) mass is 705 g/mol. The second-order valence-electron chi connectivity index (χ2n) is 13.0. The molecule has 0 atom stereocenters. The number of benzene rings is 6. The molecular formula is C45H27N3S3. The van der Waals surface area contributed by atoms with E-state index in [1.807, 2.05) is 28.7 Å². The summed E-state index contributed by atoms with van der Waals surface area (Å²) in [5, 5.41) is 11.1. The molecule has 0 saturated heterocycles. The molecule has 240 valence electrons. The number of aromatic nitrogens is 3. The Morgan fingerprint density at radius 2 is 1.22 bits per heavy atom. The van der Waals surface area contributed by atoms with Gasteiger partial charge in [-0.2, -0.15) is 0 Å². The standard InChI is InChI=1S/C45H27N3S3/c1-3-4-13-27-25(2)48(41-38(27)29-15-5-6-16-30(29)42-39(41)31-17-8-11-20-35(31)50-42)44-40-32-18-9-12-21-36(32)51-45(40)47-43(46-44)26-22-23-37-33(24-26)28-14-7-10-19-34(28)49-37/h3-24H,1H2,2H3/b13-4-. The summed E-state index contributed by atoms with van der Waals surface area (Å²) in [6, 6.07) is 41.7. The highest BCUT2D eigenvalue weighted by molar-refractivity contribution is 7.27. The van der Waals surface area contributed by atoms with Gasteiger partial charge in [0.2, 0.25) is 0 Å². The van der Waals surface area contributed by atoms with Crippen molar-refractivity contribution in [2.45, 2.75) is 6.92 Å². The minimum absolute atomic E-state index is 0.734. The molecule has 0 N–H and O–H groups in total. The Hall–Kier alpha value is -5.66. The van der Waals surface area contributed by atoms with Gasteiger partial charge >= 0.3 is 0 Å². The van der Waals surface area contributed by atoms with Crippen molar-refractivity contribution in [2.75, 3.05) is 0 Å². The average Bonchev–Trinajstić information content (AvgIpc) is 3.92. The topological polar surface area (TPSA) is 30.7 Å². The van der Waals surface area contributed by atoms with Crippen molar-refractivity contribution in [1.82, 2.24) is 14.5 Å². The summed E-state index contributed by atoms with van der Waals surface area (Å²) < 4.78 is 8.79. The third kappa shape index (κ3) is 4.09. The van der Waals surface area contributed by atoms with Crippen molar-refractivity contribution in [3.8, 4) is 17.2 Å². The SMILES string of the molecule is C=C/C=C\c1c(C)n(-c2nc(-c3ccc4sc5ccccc5c4c3)nc3sc4ccccc4c23)c2c1c1ccccc1c1sc3ccccc3c12. The second kappa shape index (κ2) is 10.9. The quantitative estimate of drug-likeness (QED) is 0.171. The number of hydrogen-bond acceptors (Lipinski definition) is 5. The molecule has 0 fully saturated rings. The minimum atomic E-state index is 0.734. The van der Waals surface area contributed by atoms with Crippen LogP contribution in [0.4, 0.5) is 0 Å². The van der Waals surface area contributed by atoms with Crippen molar-refractivity contribution in [2.24, 2.45) is 0 Å². The molecule has 0 aliphatic carbocycles. The maximum atomic E-state index is 5.61. The summed E-state index contributed by atoms with van der Waals surface area (Å²) >= 11 is 5.45. The van der Waals surface area contributed by atoms with Crippen LogP contribution in [-0.4, -0.2) is 14.5 Å². The molecule has 0 radical (unpaired) electrons. The summed E-state index contributed by atoms with van der Waals surface area (Å²) in [6.07, 6.45) is 6.13. The lowest BCUT2D eigenvalue weighted by Crippen LogP contribution is -2.04. The van der Waals surface area contributed by atoms with Gasteiger partial charge in [0.1, 0.15) is 4.83 Å². The molecular weight excluding hydrogens is 679 g/mol. The highest BCUT2D eigenvalue weighted by atomic mass is 32.1. The van der Waals surface area contributed by atoms with E-state index in [1.165, 1.54) is 77.7 Å². The van der Waals surface area contributed by atoms with Crippen molar-refractivity contribution in [1.29, 1.82) is 0 Å². The van der Waals surface area contributed by atoms with Crippen molar-refractivity contribution >= 4 is 122 Å². The van der Waals surface area contributed by atoms with E-state index < -0.39 is 0 Å². The van der Waals surface area contributed by atoms with Gasteiger partial charge in [0.25, 0.3) is 0 Å². The van der Waals surface area contributed by atoms with Crippen LogP contribution in [0.15, 0.2) is 134 Å². The Morgan fingerprint density at radius 1 is 0.588 bits per heavy atom. The lowest BCUT2D eigenvalue weighted by Gasteiger charge is -2.13. The molecule has 0 unspecified atom stereocenters. The second-order valence-corrected chi connectivity index (χ2v) is 16.1. The fraction of sp³-hybridized carbons (Fsp3) is 0.0222. The molecule has 0 amide bonds. The van der Waals surface area contributed by atoms with Gasteiger partial charge in [-0.1, -0.05) is 104 Å². The summed E-state index contributed by atoms with van der Waals surface area (Å²) in [4.78, 5) is 11.9. The number of hydrogen-bond donors (Lipinski definition) is 0. The van der Waals surface area contributed by atoms with E-state index in [4.69, 9.17) is 9.97 Å². The molecule has 0 saturated carbocycles. The Bertz CT molecular complexity index is 3300. The number of allylic oxidation sites excluding steroid dienone is 2. The molecule has 5 heterocycles.